The number of anilines is 1. The van der Waals surface area contributed by atoms with Gasteiger partial charge in [0.05, 0.1) is 0 Å². The van der Waals surface area contributed by atoms with Crippen molar-refractivity contribution in [3.8, 4) is 17.1 Å². The molecule has 0 radical (unpaired) electrons. The second-order valence-electron chi connectivity index (χ2n) is 6.17. The zero-order valence-corrected chi connectivity index (χ0v) is 16.7. The molecule has 4 aromatic rings. The van der Waals surface area contributed by atoms with Gasteiger partial charge in [0.1, 0.15) is 5.75 Å². The van der Waals surface area contributed by atoms with Crippen LogP contribution in [0.15, 0.2) is 42.5 Å². The largest absolute Gasteiger partial charge is 0.483 e. The standard InChI is InChI=1S/C19H16ClN5O2S/c1-11-5-3-8-15(12(11)2)27-10-16(26)21-18-24-25-17(22-23-19(25)28-18)13-6-4-7-14(20)9-13/h3-9H,10H2,1-2H3,(H,21,24,26). The van der Waals surface area contributed by atoms with E-state index in [1.807, 2.05) is 44.2 Å². The van der Waals surface area contributed by atoms with Gasteiger partial charge in [-0.25, -0.2) is 0 Å². The zero-order valence-electron chi connectivity index (χ0n) is 15.1. The molecule has 0 aliphatic rings. The SMILES string of the molecule is Cc1cccc(OCC(=O)Nc2nn3c(-c4cccc(Cl)c4)nnc3s2)c1C. The Morgan fingerprint density at radius 2 is 2.04 bits per heavy atom. The Bertz CT molecular complexity index is 1170. The van der Waals surface area contributed by atoms with E-state index in [2.05, 4.69) is 20.6 Å². The number of hydrogen-bond acceptors (Lipinski definition) is 6. The maximum Gasteiger partial charge on any atom is 0.264 e. The van der Waals surface area contributed by atoms with Crippen LogP contribution in [0.25, 0.3) is 16.3 Å². The number of aryl methyl sites for hydroxylation is 1. The van der Waals surface area contributed by atoms with E-state index in [0.29, 0.717) is 26.7 Å². The summed E-state index contributed by atoms with van der Waals surface area (Å²) in [5.74, 6) is 0.951. The molecule has 0 atom stereocenters. The van der Waals surface area contributed by atoms with Crippen molar-refractivity contribution in [2.45, 2.75) is 13.8 Å². The van der Waals surface area contributed by atoms with E-state index in [9.17, 15) is 4.79 Å². The lowest BCUT2D eigenvalue weighted by atomic mass is 10.1. The summed E-state index contributed by atoms with van der Waals surface area (Å²) >= 11 is 7.28. The molecule has 0 bridgehead atoms. The third-order valence-corrected chi connectivity index (χ3v) is 5.28. The first-order valence-corrected chi connectivity index (χ1v) is 9.68. The maximum absolute atomic E-state index is 12.2. The first kappa shape index (κ1) is 18.4. The van der Waals surface area contributed by atoms with Crippen molar-refractivity contribution in [2.75, 3.05) is 11.9 Å². The van der Waals surface area contributed by atoms with Gasteiger partial charge in [0, 0.05) is 10.6 Å². The number of aromatic nitrogens is 4. The van der Waals surface area contributed by atoms with E-state index in [0.717, 1.165) is 16.7 Å². The highest BCUT2D eigenvalue weighted by atomic mass is 35.5. The van der Waals surface area contributed by atoms with Crippen LogP contribution in [-0.4, -0.2) is 32.3 Å². The predicted molar refractivity (Wildman–Crippen MR) is 109 cm³/mol. The average molecular weight is 414 g/mol. The number of amides is 1. The summed E-state index contributed by atoms with van der Waals surface area (Å²) in [5.41, 5.74) is 2.92. The highest BCUT2D eigenvalue weighted by Crippen LogP contribution is 2.26. The Kier molecular flexibility index (Phi) is 4.97. The molecule has 9 heteroatoms. The van der Waals surface area contributed by atoms with Crippen LogP contribution in [0.1, 0.15) is 11.1 Å². The Balaban J connectivity index is 1.48. The highest BCUT2D eigenvalue weighted by molar-refractivity contribution is 7.20. The predicted octanol–water partition coefficient (Wildman–Crippen LogP) is 4.14. The lowest BCUT2D eigenvalue weighted by Crippen LogP contribution is -2.20. The first-order valence-electron chi connectivity index (χ1n) is 8.48. The minimum absolute atomic E-state index is 0.106. The van der Waals surface area contributed by atoms with Gasteiger partial charge in [0.15, 0.2) is 12.4 Å². The first-order chi connectivity index (χ1) is 13.5. The van der Waals surface area contributed by atoms with Gasteiger partial charge >= 0.3 is 0 Å². The van der Waals surface area contributed by atoms with Crippen LogP contribution in [0.3, 0.4) is 0 Å². The molecule has 2 aromatic heterocycles. The van der Waals surface area contributed by atoms with Gasteiger partial charge in [-0.05, 0) is 43.2 Å². The van der Waals surface area contributed by atoms with Crippen LogP contribution in [0.5, 0.6) is 5.75 Å². The molecule has 0 aliphatic heterocycles. The molecule has 4 rings (SSSR count). The number of hydrogen-bond donors (Lipinski definition) is 1. The van der Waals surface area contributed by atoms with Crippen molar-refractivity contribution in [2.24, 2.45) is 0 Å². The Hall–Kier alpha value is -2.97. The van der Waals surface area contributed by atoms with E-state index in [4.69, 9.17) is 16.3 Å². The summed E-state index contributed by atoms with van der Waals surface area (Å²) in [6.07, 6.45) is 0. The van der Waals surface area contributed by atoms with Gasteiger partial charge in [-0.3, -0.25) is 10.1 Å². The van der Waals surface area contributed by atoms with E-state index in [1.54, 1.807) is 16.6 Å². The topological polar surface area (TPSA) is 81.4 Å². The molecule has 0 aliphatic carbocycles. The van der Waals surface area contributed by atoms with Crippen molar-refractivity contribution in [3.05, 3.63) is 58.6 Å². The monoisotopic (exact) mass is 413 g/mol. The molecule has 2 heterocycles. The number of ether oxygens (including phenoxy) is 1. The van der Waals surface area contributed by atoms with E-state index in [1.165, 1.54) is 11.3 Å². The van der Waals surface area contributed by atoms with E-state index >= 15 is 0 Å². The van der Waals surface area contributed by atoms with Gasteiger partial charge in [0.25, 0.3) is 5.91 Å². The smallest absolute Gasteiger partial charge is 0.264 e. The molecule has 1 amide bonds. The van der Waals surface area contributed by atoms with Gasteiger partial charge in [0.2, 0.25) is 10.1 Å². The molecule has 2 aromatic carbocycles. The zero-order chi connectivity index (χ0) is 19.7. The maximum atomic E-state index is 12.2. The number of fused-ring (bicyclic) bond motifs is 1. The van der Waals surface area contributed by atoms with E-state index < -0.39 is 0 Å². The molecular formula is C19H16ClN5O2S. The Morgan fingerprint density at radius 1 is 1.21 bits per heavy atom. The Labute approximate surface area is 169 Å². The number of nitrogens with one attached hydrogen (secondary N) is 1. The Morgan fingerprint density at radius 3 is 2.86 bits per heavy atom. The molecule has 0 spiro atoms. The molecule has 142 valence electrons. The van der Waals surface area contributed by atoms with Crippen molar-refractivity contribution in [3.63, 3.8) is 0 Å². The fraction of sp³-hybridized carbons (Fsp3) is 0.158. The summed E-state index contributed by atoms with van der Waals surface area (Å²) in [6.45, 7) is 3.85. The van der Waals surface area contributed by atoms with Crippen molar-refractivity contribution >= 4 is 38.9 Å². The van der Waals surface area contributed by atoms with Crippen LogP contribution < -0.4 is 10.1 Å². The lowest BCUT2D eigenvalue weighted by molar-refractivity contribution is -0.118. The summed E-state index contributed by atoms with van der Waals surface area (Å²) in [6, 6.07) is 13.0. The van der Waals surface area contributed by atoms with Crippen LogP contribution in [0, 0.1) is 13.8 Å². The van der Waals surface area contributed by atoms with Crippen LogP contribution in [0.2, 0.25) is 5.02 Å². The molecule has 7 nitrogen and oxygen atoms in total. The average Bonchev–Trinajstić information content (AvgIpc) is 3.23. The summed E-state index contributed by atoms with van der Waals surface area (Å²) in [5, 5.41) is 16.4. The summed E-state index contributed by atoms with van der Waals surface area (Å²) in [4.78, 5) is 12.8. The van der Waals surface area contributed by atoms with Crippen LogP contribution in [0.4, 0.5) is 5.13 Å². The minimum atomic E-state index is -0.296. The van der Waals surface area contributed by atoms with Gasteiger partial charge in [-0.1, -0.05) is 47.2 Å². The van der Waals surface area contributed by atoms with Gasteiger partial charge < -0.3 is 4.74 Å². The molecule has 0 saturated carbocycles. The number of carbonyl (C=O) groups excluding carboxylic acids is 1. The molecule has 1 N–H and O–H groups in total. The normalized spacial score (nSPS) is 11.0. The molecule has 0 unspecified atom stereocenters. The number of halogens is 1. The lowest BCUT2D eigenvalue weighted by Gasteiger charge is -2.10. The molecular weight excluding hydrogens is 398 g/mol. The quantitative estimate of drug-likeness (QED) is 0.531. The third-order valence-electron chi connectivity index (χ3n) is 4.23. The molecule has 0 saturated heterocycles. The number of carbonyl (C=O) groups is 1. The van der Waals surface area contributed by atoms with Gasteiger partial charge in [-0.15, -0.1) is 15.3 Å². The molecule has 28 heavy (non-hydrogen) atoms. The fourth-order valence-corrected chi connectivity index (χ4v) is 3.60. The van der Waals surface area contributed by atoms with E-state index in [-0.39, 0.29) is 12.5 Å². The number of benzene rings is 2. The third kappa shape index (κ3) is 3.69. The van der Waals surface area contributed by atoms with Crippen molar-refractivity contribution < 1.29 is 9.53 Å². The van der Waals surface area contributed by atoms with Crippen LogP contribution >= 0.6 is 22.9 Å². The molecule has 0 fully saturated rings. The minimum Gasteiger partial charge on any atom is -0.483 e. The fourth-order valence-electron chi connectivity index (χ4n) is 2.65. The van der Waals surface area contributed by atoms with Crippen molar-refractivity contribution in [1.82, 2.24) is 19.8 Å². The van der Waals surface area contributed by atoms with Crippen molar-refractivity contribution in [1.29, 1.82) is 0 Å². The van der Waals surface area contributed by atoms with Crippen LogP contribution in [-0.2, 0) is 4.79 Å². The van der Waals surface area contributed by atoms with Gasteiger partial charge in [-0.2, -0.15) is 4.52 Å². The number of nitrogens with zero attached hydrogens (tertiary/aromatic N) is 4. The highest BCUT2D eigenvalue weighted by Gasteiger charge is 2.15. The second kappa shape index (κ2) is 7.57. The summed E-state index contributed by atoms with van der Waals surface area (Å²) < 4.78 is 7.21. The second-order valence-corrected chi connectivity index (χ2v) is 7.56. The summed E-state index contributed by atoms with van der Waals surface area (Å²) in [7, 11) is 0. The number of rotatable bonds is 5.